The minimum absolute atomic E-state index is 0.583. The summed E-state index contributed by atoms with van der Waals surface area (Å²) in [5.74, 6) is 4.03. The molecule has 0 spiro atoms. The van der Waals surface area contributed by atoms with Crippen LogP contribution in [0.4, 0.5) is 0 Å². The average molecular weight is 945 g/mol. The van der Waals surface area contributed by atoms with Crippen molar-refractivity contribution in [1.82, 2.24) is 0 Å². The zero-order chi connectivity index (χ0) is 52.0. The van der Waals surface area contributed by atoms with Crippen LogP contribution in [0.2, 0.25) is 0 Å². The van der Waals surface area contributed by atoms with Crippen LogP contribution in [-0.2, 0) is 25.7 Å². The summed E-state index contributed by atoms with van der Waals surface area (Å²) in [4.78, 5) is 0. The van der Waals surface area contributed by atoms with Gasteiger partial charge in [-0.3, -0.25) is 0 Å². The lowest BCUT2D eigenvalue weighted by Gasteiger charge is -2.13. The summed E-state index contributed by atoms with van der Waals surface area (Å²) in [6.45, 7) is 30.7. The molecule has 4 nitrogen and oxygen atoms in total. The van der Waals surface area contributed by atoms with Crippen molar-refractivity contribution in [3.8, 4) is 34.1 Å². The number of benzene rings is 7. The molecule has 0 radical (unpaired) electrons. The van der Waals surface area contributed by atoms with Crippen molar-refractivity contribution in [2.75, 3.05) is 27.9 Å². The van der Waals surface area contributed by atoms with Crippen LogP contribution < -0.4 is 18.9 Å². The topological polar surface area (TPSA) is 36.9 Å². The van der Waals surface area contributed by atoms with Gasteiger partial charge in [0.2, 0.25) is 0 Å². The Morgan fingerprint density at radius 2 is 0.786 bits per heavy atom. The molecule has 1 unspecified atom stereocenters. The quantitative estimate of drug-likeness (QED) is 0.122. The first-order valence-electron chi connectivity index (χ1n) is 25.4. The Morgan fingerprint density at radius 1 is 0.357 bits per heavy atom. The lowest BCUT2D eigenvalue weighted by atomic mass is 10.0. The molecule has 7 aromatic rings. The van der Waals surface area contributed by atoms with Crippen LogP contribution in [-0.4, -0.2) is 27.9 Å². The van der Waals surface area contributed by atoms with E-state index < -0.39 is 0 Å². The van der Waals surface area contributed by atoms with Gasteiger partial charge in [-0.05, 0) is 184 Å². The molecule has 0 aliphatic carbocycles. The standard InChI is InChI=1S/C16H18O2.C12H18O2.2C10H14.2C9H12/c1-11-5-7-13(9-15(11)17-3)14-8-6-12(2)16(10-14)18-4;1-4-10(2)9-14-12-8-6-5-7-11(12)13-3;1-3-9-5-7-10(4-2)8-6-9;1-3-9-6-5-7-10(4-2)8-9;1-7-4-5-8(2)9(3)6-7;1-7-5-4-6-8(2)9(7)3/h5-10H,1-4H3;5-8,10H,4,9H2,1-3H3;2*5-8H,3-4H2,1-2H3;2*4-6H,1-3H3. The van der Waals surface area contributed by atoms with Crippen molar-refractivity contribution < 1.29 is 18.9 Å². The molecule has 0 bridgehead atoms. The molecule has 0 heterocycles. The van der Waals surface area contributed by atoms with E-state index in [1.165, 1.54) is 55.6 Å². The van der Waals surface area contributed by atoms with E-state index in [4.69, 9.17) is 18.9 Å². The van der Waals surface area contributed by atoms with Crippen LogP contribution in [0.3, 0.4) is 0 Å². The van der Waals surface area contributed by atoms with Crippen LogP contribution >= 0.6 is 0 Å². The van der Waals surface area contributed by atoms with Crippen molar-refractivity contribution >= 4 is 0 Å². The molecule has 70 heavy (non-hydrogen) atoms. The lowest BCUT2D eigenvalue weighted by molar-refractivity contribution is 0.244. The highest BCUT2D eigenvalue weighted by Crippen LogP contribution is 2.31. The highest BCUT2D eigenvalue weighted by atomic mass is 16.5. The van der Waals surface area contributed by atoms with Gasteiger partial charge in [0.15, 0.2) is 11.5 Å². The van der Waals surface area contributed by atoms with Crippen LogP contribution in [0.1, 0.15) is 115 Å². The maximum absolute atomic E-state index is 5.66. The maximum atomic E-state index is 5.66. The average Bonchev–Trinajstić information content (AvgIpc) is 3.39. The maximum Gasteiger partial charge on any atom is 0.161 e. The predicted molar refractivity (Wildman–Crippen MR) is 304 cm³/mol. The van der Waals surface area contributed by atoms with E-state index in [1.807, 2.05) is 38.1 Å². The molecule has 4 heteroatoms. The summed E-state index contributed by atoms with van der Waals surface area (Å²) in [5, 5.41) is 0. The Morgan fingerprint density at radius 3 is 1.17 bits per heavy atom. The van der Waals surface area contributed by atoms with Crippen LogP contribution in [0.5, 0.6) is 23.0 Å². The van der Waals surface area contributed by atoms with Gasteiger partial charge in [0, 0.05) is 0 Å². The summed E-state index contributed by atoms with van der Waals surface area (Å²) in [6, 6.07) is 50.7. The molecule has 7 rings (SSSR count). The molecule has 1 atom stereocenters. The van der Waals surface area contributed by atoms with Crippen molar-refractivity contribution in [2.45, 2.75) is 129 Å². The molecule has 0 N–H and O–H groups in total. The Kier molecular flexibility index (Phi) is 28.5. The van der Waals surface area contributed by atoms with Gasteiger partial charge < -0.3 is 18.9 Å². The van der Waals surface area contributed by atoms with E-state index in [9.17, 15) is 0 Å². The summed E-state index contributed by atoms with van der Waals surface area (Å²) >= 11 is 0. The summed E-state index contributed by atoms with van der Waals surface area (Å²) < 4.78 is 21.6. The van der Waals surface area contributed by atoms with E-state index in [-0.39, 0.29) is 0 Å². The zero-order valence-corrected chi connectivity index (χ0v) is 46.3. The van der Waals surface area contributed by atoms with Crippen LogP contribution in [0.15, 0.2) is 146 Å². The fourth-order valence-corrected chi connectivity index (χ4v) is 6.96. The number of aryl methyl sites for hydroxylation is 11. The van der Waals surface area contributed by atoms with E-state index in [0.29, 0.717) is 5.92 Å². The first-order chi connectivity index (χ1) is 33.6. The minimum atomic E-state index is 0.583. The van der Waals surface area contributed by atoms with Gasteiger partial charge in [0.25, 0.3) is 0 Å². The largest absolute Gasteiger partial charge is 0.496 e. The SMILES string of the molecule is CCC(C)COc1ccccc1OC.CCc1ccc(CC)cc1.CCc1cccc(CC)c1.COc1cc(-c2ccc(C)c(OC)c2)ccc1C.Cc1ccc(C)c(C)c1.Cc1cccc(C)c1C. The van der Waals surface area contributed by atoms with Gasteiger partial charge in [-0.2, -0.15) is 0 Å². The Hall–Kier alpha value is -6.26. The number of hydrogen-bond acceptors (Lipinski definition) is 4. The third-order valence-corrected chi connectivity index (χ3v) is 12.6. The molecule has 376 valence electrons. The van der Waals surface area contributed by atoms with E-state index in [0.717, 1.165) is 84.0 Å². The van der Waals surface area contributed by atoms with Gasteiger partial charge in [0.1, 0.15) is 11.5 Å². The fourth-order valence-electron chi connectivity index (χ4n) is 6.96. The zero-order valence-electron chi connectivity index (χ0n) is 46.3. The number of methoxy groups -OCH3 is 3. The predicted octanol–water partition coefficient (Wildman–Crippen LogP) is 18.0. The van der Waals surface area contributed by atoms with E-state index in [1.54, 1.807) is 21.3 Å². The minimum Gasteiger partial charge on any atom is -0.496 e. The monoisotopic (exact) mass is 945 g/mol. The normalized spacial score (nSPS) is 10.4. The van der Waals surface area contributed by atoms with Gasteiger partial charge >= 0.3 is 0 Å². The van der Waals surface area contributed by atoms with E-state index in [2.05, 4.69) is 204 Å². The molecule has 0 fully saturated rings. The number of ether oxygens (including phenoxy) is 4. The third kappa shape index (κ3) is 21.6. The van der Waals surface area contributed by atoms with Crippen molar-refractivity contribution in [3.63, 3.8) is 0 Å². The highest BCUT2D eigenvalue weighted by Gasteiger charge is 2.07. The van der Waals surface area contributed by atoms with Crippen LogP contribution in [0.25, 0.3) is 11.1 Å². The van der Waals surface area contributed by atoms with Crippen molar-refractivity contribution in [1.29, 1.82) is 0 Å². The second kappa shape index (κ2) is 33.3. The molecule has 7 aromatic carbocycles. The molecule has 0 saturated carbocycles. The molecule has 0 aliphatic heterocycles. The van der Waals surface area contributed by atoms with Crippen molar-refractivity contribution in [2.24, 2.45) is 5.92 Å². The lowest BCUT2D eigenvalue weighted by Crippen LogP contribution is -2.07. The van der Waals surface area contributed by atoms with E-state index >= 15 is 0 Å². The van der Waals surface area contributed by atoms with Gasteiger partial charge in [-0.15, -0.1) is 0 Å². The summed E-state index contributed by atoms with van der Waals surface area (Å²) in [5.41, 5.74) is 18.6. The second-order valence-electron chi connectivity index (χ2n) is 18.0. The number of para-hydroxylation sites is 2. The first-order valence-corrected chi connectivity index (χ1v) is 25.4. The first kappa shape index (κ1) is 59.9. The smallest absolute Gasteiger partial charge is 0.161 e. The molecular weight excluding hydrogens is 857 g/mol. The summed E-state index contributed by atoms with van der Waals surface area (Å²) in [6.07, 6.45) is 5.71. The Bertz CT molecular complexity index is 2420. The van der Waals surface area contributed by atoms with Gasteiger partial charge in [0.05, 0.1) is 27.9 Å². The molecule has 0 aliphatic rings. The molecule has 0 aromatic heterocycles. The highest BCUT2D eigenvalue weighted by molar-refractivity contribution is 5.68. The fraction of sp³-hybridized carbons (Fsp3) is 0.364. The molecule has 0 amide bonds. The van der Waals surface area contributed by atoms with Gasteiger partial charge in [-0.25, -0.2) is 0 Å². The number of rotatable bonds is 12. The van der Waals surface area contributed by atoms with Crippen LogP contribution in [0, 0.1) is 61.3 Å². The van der Waals surface area contributed by atoms with Crippen molar-refractivity contribution in [3.05, 3.63) is 212 Å². The Balaban J connectivity index is 0.000000294. The second-order valence-corrected chi connectivity index (χ2v) is 18.0. The van der Waals surface area contributed by atoms with Gasteiger partial charge in [-0.1, -0.05) is 175 Å². The molecule has 0 saturated heterocycles. The molecular formula is C66H88O4. The summed E-state index contributed by atoms with van der Waals surface area (Å²) in [7, 11) is 5.05. The Labute approximate surface area is 426 Å². The third-order valence-electron chi connectivity index (χ3n) is 12.6. The number of hydrogen-bond donors (Lipinski definition) is 0.